The molecule has 4 rings (SSSR count). The average Bonchev–Trinajstić information content (AvgIpc) is 2.94. The van der Waals surface area contributed by atoms with Gasteiger partial charge in [0.1, 0.15) is 5.75 Å². The van der Waals surface area contributed by atoms with E-state index in [1.807, 2.05) is 24.3 Å². The Morgan fingerprint density at radius 2 is 1.96 bits per heavy atom. The highest BCUT2D eigenvalue weighted by molar-refractivity contribution is 6.17. The number of ether oxygens (including phenoxy) is 1. The highest BCUT2D eigenvalue weighted by atomic mass is 16.5. The van der Waals surface area contributed by atoms with Gasteiger partial charge in [-0.05, 0) is 36.2 Å². The lowest BCUT2D eigenvalue weighted by Crippen LogP contribution is -2.27. The Labute approximate surface area is 155 Å². The largest absolute Gasteiger partial charge is 0.497 e. The predicted octanol–water partition coefficient (Wildman–Crippen LogP) is 3.30. The third-order valence-electron chi connectivity index (χ3n) is 4.78. The summed E-state index contributed by atoms with van der Waals surface area (Å²) in [6.45, 7) is 0.391. The number of hydrogen-bond donors (Lipinski definition) is 2. The predicted molar refractivity (Wildman–Crippen MR) is 102 cm³/mol. The molecule has 1 aliphatic heterocycles. The van der Waals surface area contributed by atoms with Crippen molar-refractivity contribution in [2.24, 2.45) is 0 Å². The minimum atomic E-state index is -1.08. The Kier molecular flexibility index (Phi) is 4.16. The molecule has 0 radical (unpaired) electrons. The lowest BCUT2D eigenvalue weighted by atomic mass is 10.0. The maximum absolute atomic E-state index is 12.9. The standard InChI is InChI=1S/C21H18N2O4/c1-27-14-6-4-5-13(11-14)20(24)23-10-9-16-15-7-2-3-8-18(15)22-19(16)17(12-23)21(25)26/h2-8,11-12,22H,9-10H2,1H3,(H,25,26). The highest BCUT2D eigenvalue weighted by Gasteiger charge is 2.26. The van der Waals surface area contributed by atoms with Gasteiger partial charge in [0.25, 0.3) is 5.91 Å². The Hall–Kier alpha value is -3.54. The van der Waals surface area contributed by atoms with Gasteiger partial charge in [-0.1, -0.05) is 24.3 Å². The van der Waals surface area contributed by atoms with Crippen LogP contribution >= 0.6 is 0 Å². The molecular weight excluding hydrogens is 344 g/mol. The first-order valence-electron chi connectivity index (χ1n) is 8.58. The van der Waals surface area contributed by atoms with Crippen molar-refractivity contribution in [1.82, 2.24) is 9.88 Å². The summed E-state index contributed by atoms with van der Waals surface area (Å²) in [5.74, 6) is -0.760. The number of methoxy groups -OCH3 is 1. The summed E-state index contributed by atoms with van der Waals surface area (Å²) in [4.78, 5) is 29.5. The number of nitrogens with zero attached hydrogens (tertiary/aromatic N) is 1. The number of rotatable bonds is 3. The van der Waals surface area contributed by atoms with Gasteiger partial charge in [0.15, 0.2) is 0 Å². The van der Waals surface area contributed by atoms with Crippen LogP contribution in [0.3, 0.4) is 0 Å². The Morgan fingerprint density at radius 1 is 1.15 bits per heavy atom. The van der Waals surface area contributed by atoms with Gasteiger partial charge in [-0.15, -0.1) is 0 Å². The molecule has 0 atom stereocenters. The topological polar surface area (TPSA) is 82.6 Å². The van der Waals surface area contributed by atoms with E-state index < -0.39 is 5.97 Å². The summed E-state index contributed by atoms with van der Waals surface area (Å²) >= 11 is 0. The number of aromatic nitrogens is 1. The zero-order chi connectivity index (χ0) is 19.0. The van der Waals surface area contributed by atoms with Crippen molar-refractivity contribution in [3.63, 3.8) is 0 Å². The number of fused-ring (bicyclic) bond motifs is 3. The number of para-hydroxylation sites is 1. The number of carboxylic acids is 1. The van der Waals surface area contributed by atoms with Crippen LogP contribution in [0, 0.1) is 0 Å². The first-order chi connectivity index (χ1) is 13.1. The quantitative estimate of drug-likeness (QED) is 0.749. The highest BCUT2D eigenvalue weighted by Crippen LogP contribution is 2.31. The van der Waals surface area contributed by atoms with Gasteiger partial charge in [0.05, 0.1) is 18.4 Å². The number of carboxylic acid groups (broad SMARTS) is 1. The number of nitrogens with one attached hydrogen (secondary N) is 1. The van der Waals surface area contributed by atoms with E-state index in [4.69, 9.17) is 4.74 Å². The molecule has 2 N–H and O–H groups in total. The van der Waals surface area contributed by atoms with Gasteiger partial charge < -0.3 is 19.7 Å². The molecule has 1 amide bonds. The molecule has 2 heterocycles. The Bertz CT molecular complexity index is 1080. The molecule has 1 aromatic heterocycles. The lowest BCUT2D eigenvalue weighted by Gasteiger charge is -2.18. The molecule has 6 nitrogen and oxygen atoms in total. The molecule has 0 saturated carbocycles. The van der Waals surface area contributed by atoms with Crippen LogP contribution in [0.4, 0.5) is 0 Å². The van der Waals surface area contributed by atoms with Crippen LogP contribution in [-0.4, -0.2) is 40.5 Å². The molecule has 0 bridgehead atoms. The van der Waals surface area contributed by atoms with Gasteiger partial charge in [-0.25, -0.2) is 4.79 Å². The number of aliphatic carboxylic acids is 1. The fraction of sp³-hybridized carbons (Fsp3) is 0.143. The molecule has 1 aliphatic rings. The smallest absolute Gasteiger partial charge is 0.339 e. The van der Waals surface area contributed by atoms with E-state index in [0.29, 0.717) is 30.0 Å². The van der Waals surface area contributed by atoms with Gasteiger partial charge >= 0.3 is 5.97 Å². The maximum Gasteiger partial charge on any atom is 0.339 e. The van der Waals surface area contributed by atoms with Gasteiger partial charge in [0.2, 0.25) is 0 Å². The van der Waals surface area contributed by atoms with Crippen molar-refractivity contribution in [3.05, 3.63) is 71.6 Å². The molecule has 0 spiro atoms. The van der Waals surface area contributed by atoms with Crippen molar-refractivity contribution in [1.29, 1.82) is 0 Å². The Balaban J connectivity index is 1.77. The second kappa shape index (κ2) is 6.64. The summed E-state index contributed by atoms with van der Waals surface area (Å²) in [6.07, 6.45) is 1.98. The molecule has 6 heteroatoms. The first kappa shape index (κ1) is 16.9. The monoisotopic (exact) mass is 362 g/mol. The van der Waals surface area contributed by atoms with Crippen LogP contribution in [0.15, 0.2) is 54.7 Å². The number of amides is 1. The second-order valence-corrected chi connectivity index (χ2v) is 6.35. The van der Waals surface area contributed by atoms with E-state index in [0.717, 1.165) is 16.5 Å². The van der Waals surface area contributed by atoms with E-state index in [1.54, 1.807) is 24.3 Å². The van der Waals surface area contributed by atoms with Gasteiger partial charge in [0, 0.05) is 29.2 Å². The molecule has 0 aliphatic carbocycles. The second-order valence-electron chi connectivity index (χ2n) is 6.35. The molecular formula is C21H18N2O4. The third-order valence-corrected chi connectivity index (χ3v) is 4.78. The van der Waals surface area contributed by atoms with Crippen molar-refractivity contribution in [2.75, 3.05) is 13.7 Å². The minimum Gasteiger partial charge on any atom is -0.497 e. The zero-order valence-electron chi connectivity index (χ0n) is 14.7. The minimum absolute atomic E-state index is 0.0787. The summed E-state index contributed by atoms with van der Waals surface area (Å²) in [7, 11) is 1.54. The van der Waals surface area contributed by atoms with E-state index >= 15 is 0 Å². The number of aromatic amines is 1. The number of carbonyl (C=O) groups excluding carboxylic acids is 1. The normalized spacial score (nSPS) is 13.7. The number of carbonyl (C=O) groups is 2. The molecule has 0 unspecified atom stereocenters. The number of H-pyrrole nitrogens is 1. The fourth-order valence-electron chi connectivity index (χ4n) is 3.45. The number of benzene rings is 2. The van der Waals surface area contributed by atoms with Crippen LogP contribution in [-0.2, 0) is 11.2 Å². The van der Waals surface area contributed by atoms with E-state index in [2.05, 4.69) is 4.98 Å². The van der Waals surface area contributed by atoms with E-state index in [9.17, 15) is 14.7 Å². The van der Waals surface area contributed by atoms with E-state index in [1.165, 1.54) is 18.2 Å². The molecule has 0 fully saturated rings. The fourth-order valence-corrected chi connectivity index (χ4v) is 3.45. The van der Waals surface area contributed by atoms with Gasteiger partial charge in [-0.2, -0.15) is 0 Å². The first-order valence-corrected chi connectivity index (χ1v) is 8.58. The van der Waals surface area contributed by atoms with Crippen molar-refractivity contribution in [2.45, 2.75) is 6.42 Å². The van der Waals surface area contributed by atoms with Crippen LogP contribution in [0.1, 0.15) is 21.6 Å². The maximum atomic E-state index is 12.9. The summed E-state index contributed by atoms with van der Waals surface area (Å²) in [6, 6.07) is 14.5. The van der Waals surface area contributed by atoms with Crippen molar-refractivity contribution >= 4 is 28.4 Å². The third kappa shape index (κ3) is 2.95. The van der Waals surface area contributed by atoms with Crippen LogP contribution in [0.2, 0.25) is 0 Å². The van der Waals surface area contributed by atoms with Crippen LogP contribution < -0.4 is 4.74 Å². The summed E-state index contributed by atoms with van der Waals surface area (Å²) in [5, 5.41) is 10.7. The molecule has 136 valence electrons. The Morgan fingerprint density at radius 3 is 2.74 bits per heavy atom. The lowest BCUT2D eigenvalue weighted by molar-refractivity contribution is -0.130. The molecule has 3 aromatic rings. The molecule has 27 heavy (non-hydrogen) atoms. The van der Waals surface area contributed by atoms with Gasteiger partial charge in [-0.3, -0.25) is 4.79 Å². The molecule has 0 saturated heterocycles. The molecule has 2 aromatic carbocycles. The van der Waals surface area contributed by atoms with Crippen molar-refractivity contribution < 1.29 is 19.4 Å². The van der Waals surface area contributed by atoms with E-state index in [-0.39, 0.29) is 11.5 Å². The summed E-state index contributed by atoms with van der Waals surface area (Å²) < 4.78 is 5.18. The van der Waals surface area contributed by atoms with Crippen LogP contribution in [0.25, 0.3) is 16.5 Å². The summed E-state index contributed by atoms with van der Waals surface area (Å²) in [5.41, 5.74) is 2.90. The van der Waals surface area contributed by atoms with Crippen LogP contribution in [0.5, 0.6) is 5.75 Å². The van der Waals surface area contributed by atoms with Crippen molar-refractivity contribution in [3.8, 4) is 5.75 Å². The number of hydrogen-bond acceptors (Lipinski definition) is 3. The average molecular weight is 362 g/mol. The SMILES string of the molecule is COc1cccc(C(=O)N2C=C(C(=O)O)c3[nH]c4ccccc4c3CC2)c1. The zero-order valence-corrected chi connectivity index (χ0v) is 14.7.